The molecule has 0 rings (SSSR count). The van der Waals surface area contributed by atoms with Crippen molar-refractivity contribution in [3.05, 3.63) is 24.8 Å². The molecule has 0 fully saturated rings. The van der Waals surface area contributed by atoms with E-state index in [1.807, 2.05) is 0 Å². The molecule has 0 aromatic rings. The molecule has 0 saturated heterocycles. The molecule has 0 saturated carbocycles. The van der Waals surface area contributed by atoms with E-state index in [-0.39, 0.29) is 6.54 Å². The molecule has 76 valence electrons. The average molecular weight is 199 g/mol. The van der Waals surface area contributed by atoms with Gasteiger partial charge in [0.25, 0.3) is 5.91 Å². The van der Waals surface area contributed by atoms with Crippen LogP contribution in [0.25, 0.3) is 0 Å². The second-order valence-electron chi connectivity index (χ2n) is 2.19. The van der Waals surface area contributed by atoms with Crippen LogP contribution in [-0.4, -0.2) is 39.6 Å². The standard InChI is InChI=1S/C8H9NO5/c1-2-5-9(8(13)14)6(10)3-4-7(11)12/h2-4H,1,5H2,(H,11,12)(H,13,14)/b4-3+. The molecule has 0 aliphatic carbocycles. The highest BCUT2D eigenvalue weighted by atomic mass is 16.4. The van der Waals surface area contributed by atoms with Gasteiger partial charge in [0.2, 0.25) is 0 Å². The number of imide groups is 1. The Morgan fingerprint density at radius 3 is 2.14 bits per heavy atom. The van der Waals surface area contributed by atoms with Crippen molar-refractivity contribution in [2.24, 2.45) is 0 Å². The predicted molar refractivity (Wildman–Crippen MR) is 46.7 cm³/mol. The first-order valence-electron chi connectivity index (χ1n) is 3.55. The summed E-state index contributed by atoms with van der Waals surface area (Å²) in [4.78, 5) is 31.9. The third-order valence-corrected chi connectivity index (χ3v) is 1.18. The van der Waals surface area contributed by atoms with E-state index in [0.717, 1.165) is 0 Å². The van der Waals surface area contributed by atoms with Gasteiger partial charge in [-0.25, -0.2) is 14.5 Å². The molecule has 2 amide bonds. The summed E-state index contributed by atoms with van der Waals surface area (Å²) in [6.07, 6.45) is 1.01. The van der Waals surface area contributed by atoms with Crippen LogP contribution in [0, 0.1) is 0 Å². The van der Waals surface area contributed by atoms with Crippen LogP contribution in [0.5, 0.6) is 0 Å². The van der Waals surface area contributed by atoms with Crippen molar-refractivity contribution in [3.63, 3.8) is 0 Å². The highest BCUT2D eigenvalue weighted by Gasteiger charge is 2.16. The molecule has 0 radical (unpaired) electrons. The van der Waals surface area contributed by atoms with Gasteiger partial charge in [0.15, 0.2) is 0 Å². The number of hydrogen-bond acceptors (Lipinski definition) is 3. The van der Waals surface area contributed by atoms with E-state index in [9.17, 15) is 14.4 Å². The van der Waals surface area contributed by atoms with Crippen molar-refractivity contribution in [1.29, 1.82) is 0 Å². The van der Waals surface area contributed by atoms with Crippen molar-refractivity contribution >= 4 is 18.0 Å². The molecule has 6 nitrogen and oxygen atoms in total. The van der Waals surface area contributed by atoms with E-state index >= 15 is 0 Å². The molecular formula is C8H9NO5. The van der Waals surface area contributed by atoms with E-state index in [1.54, 1.807) is 0 Å². The SMILES string of the molecule is C=CCN(C(=O)O)C(=O)/C=C/C(=O)O. The van der Waals surface area contributed by atoms with Gasteiger partial charge >= 0.3 is 12.1 Å². The Balaban J connectivity index is 4.52. The Morgan fingerprint density at radius 1 is 1.21 bits per heavy atom. The van der Waals surface area contributed by atoms with E-state index in [4.69, 9.17) is 10.2 Å². The highest BCUT2D eigenvalue weighted by molar-refractivity contribution is 6.00. The Bertz CT molecular complexity index is 294. The van der Waals surface area contributed by atoms with Gasteiger partial charge in [-0.3, -0.25) is 4.79 Å². The maximum atomic E-state index is 11.0. The van der Waals surface area contributed by atoms with Gasteiger partial charge in [-0.2, -0.15) is 0 Å². The van der Waals surface area contributed by atoms with E-state index < -0.39 is 18.0 Å². The number of nitrogens with zero attached hydrogens (tertiary/aromatic N) is 1. The largest absolute Gasteiger partial charge is 0.478 e. The molecule has 0 heterocycles. The molecule has 0 aromatic carbocycles. The molecule has 14 heavy (non-hydrogen) atoms. The third-order valence-electron chi connectivity index (χ3n) is 1.18. The summed E-state index contributed by atoms with van der Waals surface area (Å²) < 4.78 is 0. The van der Waals surface area contributed by atoms with Crippen LogP contribution < -0.4 is 0 Å². The first-order chi connectivity index (χ1) is 6.49. The van der Waals surface area contributed by atoms with Crippen LogP contribution in [0.1, 0.15) is 0 Å². The van der Waals surface area contributed by atoms with Crippen LogP contribution in [0.4, 0.5) is 4.79 Å². The lowest BCUT2D eigenvalue weighted by Crippen LogP contribution is -2.34. The zero-order valence-corrected chi connectivity index (χ0v) is 7.21. The molecule has 0 spiro atoms. The second-order valence-corrected chi connectivity index (χ2v) is 2.19. The zero-order chi connectivity index (χ0) is 11.1. The zero-order valence-electron chi connectivity index (χ0n) is 7.21. The van der Waals surface area contributed by atoms with Crippen LogP contribution in [-0.2, 0) is 9.59 Å². The van der Waals surface area contributed by atoms with Gasteiger partial charge in [-0.1, -0.05) is 6.08 Å². The van der Waals surface area contributed by atoms with E-state index in [2.05, 4.69) is 6.58 Å². The number of carbonyl (C=O) groups is 3. The summed E-state index contributed by atoms with van der Waals surface area (Å²) in [7, 11) is 0. The number of carboxylic acids is 1. The molecule has 0 aliphatic rings. The summed E-state index contributed by atoms with van der Waals surface area (Å²) in [5.74, 6) is -2.23. The van der Waals surface area contributed by atoms with Crippen molar-refractivity contribution < 1.29 is 24.6 Å². The van der Waals surface area contributed by atoms with Gasteiger partial charge < -0.3 is 10.2 Å². The third kappa shape index (κ3) is 4.05. The van der Waals surface area contributed by atoms with Gasteiger partial charge in [0, 0.05) is 12.2 Å². The van der Waals surface area contributed by atoms with Crippen molar-refractivity contribution in [2.75, 3.05) is 6.54 Å². The van der Waals surface area contributed by atoms with Crippen LogP contribution in [0.15, 0.2) is 24.8 Å². The summed E-state index contributed by atoms with van der Waals surface area (Å²) in [6, 6.07) is 0. The minimum atomic E-state index is -1.45. The van der Waals surface area contributed by atoms with Gasteiger partial charge in [0.05, 0.1) is 6.54 Å². The summed E-state index contributed by atoms with van der Waals surface area (Å²) in [5, 5.41) is 16.7. The molecule has 0 atom stereocenters. The molecule has 0 unspecified atom stereocenters. The monoisotopic (exact) mass is 199 g/mol. The lowest BCUT2D eigenvalue weighted by Gasteiger charge is -2.11. The van der Waals surface area contributed by atoms with Gasteiger partial charge in [-0.15, -0.1) is 6.58 Å². The fraction of sp³-hybridized carbons (Fsp3) is 0.125. The highest BCUT2D eigenvalue weighted by Crippen LogP contribution is 1.93. The van der Waals surface area contributed by atoms with Crippen LogP contribution >= 0.6 is 0 Å². The summed E-state index contributed by atoms with van der Waals surface area (Å²) in [6.45, 7) is 3.08. The minimum Gasteiger partial charge on any atom is -0.478 e. The molecule has 0 bridgehead atoms. The first-order valence-corrected chi connectivity index (χ1v) is 3.55. The number of aliphatic carboxylic acids is 1. The van der Waals surface area contributed by atoms with Crippen molar-refractivity contribution in [2.45, 2.75) is 0 Å². The second kappa shape index (κ2) is 5.52. The number of carbonyl (C=O) groups excluding carboxylic acids is 1. The smallest absolute Gasteiger partial charge is 0.414 e. The van der Waals surface area contributed by atoms with Gasteiger partial charge in [-0.05, 0) is 0 Å². The van der Waals surface area contributed by atoms with E-state index in [1.165, 1.54) is 6.08 Å². The average Bonchev–Trinajstić information content (AvgIpc) is 2.09. The number of carboxylic acid groups (broad SMARTS) is 2. The molecule has 0 aliphatic heterocycles. The van der Waals surface area contributed by atoms with Crippen LogP contribution in [0.2, 0.25) is 0 Å². The quantitative estimate of drug-likeness (QED) is 0.502. The molecular weight excluding hydrogens is 190 g/mol. The molecule has 2 N–H and O–H groups in total. The fourth-order valence-electron chi connectivity index (χ4n) is 0.624. The van der Waals surface area contributed by atoms with Crippen LogP contribution in [0.3, 0.4) is 0 Å². The Morgan fingerprint density at radius 2 is 1.79 bits per heavy atom. The number of hydrogen-bond donors (Lipinski definition) is 2. The maximum absolute atomic E-state index is 11.0. The fourth-order valence-corrected chi connectivity index (χ4v) is 0.624. The predicted octanol–water partition coefficient (Wildman–Crippen LogP) is 0.320. The minimum absolute atomic E-state index is 0.182. The van der Waals surface area contributed by atoms with Crippen molar-refractivity contribution in [1.82, 2.24) is 4.90 Å². The molecule has 6 heteroatoms. The lowest BCUT2D eigenvalue weighted by molar-refractivity contribution is -0.132. The van der Waals surface area contributed by atoms with Gasteiger partial charge in [0.1, 0.15) is 0 Å². The number of rotatable bonds is 4. The maximum Gasteiger partial charge on any atom is 0.414 e. The Labute approximate surface area is 79.7 Å². The van der Waals surface area contributed by atoms with Crippen molar-refractivity contribution in [3.8, 4) is 0 Å². The lowest BCUT2D eigenvalue weighted by atomic mass is 10.4. The normalized spacial score (nSPS) is 9.71. The first kappa shape index (κ1) is 11.9. The Hall–Kier alpha value is -2.11. The number of amides is 2. The topological polar surface area (TPSA) is 94.9 Å². The summed E-state index contributed by atoms with van der Waals surface area (Å²) >= 11 is 0. The Kier molecular flexibility index (Phi) is 4.69. The summed E-state index contributed by atoms with van der Waals surface area (Å²) in [5.41, 5.74) is 0. The molecule has 0 aromatic heterocycles. The van der Waals surface area contributed by atoms with E-state index in [0.29, 0.717) is 17.1 Å².